The van der Waals surface area contributed by atoms with Crippen LogP contribution in [0.2, 0.25) is 0 Å². The molecule has 72 valence electrons. The Kier molecular flexibility index (Phi) is 2.42. The van der Waals surface area contributed by atoms with Gasteiger partial charge in [-0.1, -0.05) is 22.0 Å². The van der Waals surface area contributed by atoms with Crippen LogP contribution in [0.3, 0.4) is 0 Å². The maximum absolute atomic E-state index is 11.6. The van der Waals surface area contributed by atoms with Gasteiger partial charge in [-0.05, 0) is 24.6 Å². The molecule has 0 bridgehead atoms. The van der Waals surface area contributed by atoms with Crippen molar-refractivity contribution in [2.45, 2.75) is 12.3 Å². The molecule has 1 heterocycles. The summed E-state index contributed by atoms with van der Waals surface area (Å²) in [5.41, 5.74) is 3.00. The number of pyridine rings is 1. The van der Waals surface area contributed by atoms with E-state index < -0.39 is 0 Å². The molecule has 3 heteroatoms. The summed E-state index contributed by atoms with van der Waals surface area (Å²) >= 11 is 3.37. The number of hydrogen-bond acceptors (Lipinski definition) is 1. The minimum absolute atomic E-state index is 0.0825. The van der Waals surface area contributed by atoms with E-state index in [0.717, 1.165) is 27.5 Å². The van der Waals surface area contributed by atoms with Crippen molar-refractivity contribution in [1.82, 2.24) is 4.98 Å². The Morgan fingerprint density at radius 3 is 2.86 bits per heavy atom. The number of nitrogens with one attached hydrogen (secondary N) is 1. The van der Waals surface area contributed by atoms with Crippen molar-refractivity contribution >= 4 is 26.8 Å². The van der Waals surface area contributed by atoms with Gasteiger partial charge in [0, 0.05) is 28.0 Å². The van der Waals surface area contributed by atoms with Gasteiger partial charge < -0.3 is 4.98 Å². The second-order valence-corrected chi connectivity index (χ2v) is 3.89. The number of rotatable bonds is 1. The van der Waals surface area contributed by atoms with Gasteiger partial charge >= 0.3 is 0 Å². The molecule has 0 radical (unpaired) electrons. The lowest BCUT2D eigenvalue weighted by atomic mass is 10.1. The predicted octanol–water partition coefficient (Wildman–Crippen LogP) is 2.73. The van der Waals surface area contributed by atoms with Gasteiger partial charge in [-0.3, -0.25) is 4.79 Å². The molecule has 2 rings (SSSR count). The second-order valence-electron chi connectivity index (χ2n) is 3.33. The Morgan fingerprint density at radius 2 is 2.14 bits per heavy atom. The normalized spacial score (nSPS) is 10.7. The predicted molar refractivity (Wildman–Crippen MR) is 61.9 cm³/mol. The summed E-state index contributed by atoms with van der Waals surface area (Å²) in [6, 6.07) is 7.50. The fourth-order valence-electron chi connectivity index (χ4n) is 1.51. The molecule has 1 N–H and O–H groups in total. The third-order valence-corrected chi connectivity index (χ3v) is 2.83. The van der Waals surface area contributed by atoms with E-state index in [0.29, 0.717) is 0 Å². The van der Waals surface area contributed by atoms with Crippen LogP contribution in [-0.2, 0) is 5.33 Å². The van der Waals surface area contributed by atoms with E-state index in [1.165, 1.54) is 0 Å². The van der Waals surface area contributed by atoms with E-state index in [-0.39, 0.29) is 5.43 Å². The Morgan fingerprint density at radius 1 is 1.36 bits per heavy atom. The van der Waals surface area contributed by atoms with Crippen molar-refractivity contribution in [2.24, 2.45) is 0 Å². The highest BCUT2D eigenvalue weighted by Crippen LogP contribution is 2.13. The molecule has 0 spiro atoms. The van der Waals surface area contributed by atoms with Crippen LogP contribution in [0.1, 0.15) is 11.3 Å². The molecule has 1 aromatic heterocycles. The molecule has 0 aliphatic heterocycles. The van der Waals surface area contributed by atoms with E-state index in [2.05, 4.69) is 20.9 Å². The minimum atomic E-state index is 0.0825. The van der Waals surface area contributed by atoms with Crippen molar-refractivity contribution in [3.63, 3.8) is 0 Å². The molecule has 2 nitrogen and oxygen atoms in total. The van der Waals surface area contributed by atoms with Crippen LogP contribution >= 0.6 is 15.9 Å². The van der Waals surface area contributed by atoms with E-state index in [4.69, 9.17) is 0 Å². The van der Waals surface area contributed by atoms with Gasteiger partial charge in [-0.2, -0.15) is 0 Å². The number of halogens is 1. The number of alkyl halides is 1. The summed E-state index contributed by atoms with van der Waals surface area (Å²) in [6.45, 7) is 1.89. The Balaban J connectivity index is 2.82. The van der Waals surface area contributed by atoms with Gasteiger partial charge in [-0.25, -0.2) is 0 Å². The average Bonchev–Trinajstić information content (AvgIpc) is 2.17. The molecule has 0 atom stereocenters. The first-order valence-corrected chi connectivity index (χ1v) is 5.51. The first-order valence-electron chi connectivity index (χ1n) is 4.39. The fraction of sp³-hybridized carbons (Fsp3) is 0.182. The van der Waals surface area contributed by atoms with Crippen LogP contribution in [0.4, 0.5) is 0 Å². The van der Waals surface area contributed by atoms with E-state index in [1.54, 1.807) is 6.07 Å². The molecule has 0 aliphatic rings. The van der Waals surface area contributed by atoms with Crippen LogP contribution < -0.4 is 5.43 Å². The Bertz CT molecular complexity index is 530. The molecular formula is C11H10BrNO. The van der Waals surface area contributed by atoms with E-state index in [1.807, 2.05) is 25.1 Å². The largest absolute Gasteiger partial charge is 0.358 e. The zero-order valence-corrected chi connectivity index (χ0v) is 9.39. The topological polar surface area (TPSA) is 32.9 Å². The standard InChI is InChI=1S/C11H10BrNO/c1-7-4-11(14)9-5-8(6-12)2-3-10(9)13-7/h2-5H,6H2,1H3,(H,13,14). The zero-order valence-electron chi connectivity index (χ0n) is 7.80. The highest BCUT2D eigenvalue weighted by Gasteiger charge is 2.00. The maximum atomic E-state index is 11.6. The Hall–Kier alpha value is -1.09. The van der Waals surface area contributed by atoms with Gasteiger partial charge in [0.25, 0.3) is 0 Å². The maximum Gasteiger partial charge on any atom is 0.189 e. The van der Waals surface area contributed by atoms with Crippen LogP contribution in [0.5, 0.6) is 0 Å². The van der Waals surface area contributed by atoms with Gasteiger partial charge in [0.2, 0.25) is 0 Å². The number of hydrogen-bond donors (Lipinski definition) is 1. The lowest BCUT2D eigenvalue weighted by Crippen LogP contribution is -2.03. The summed E-state index contributed by atoms with van der Waals surface area (Å²) in [5, 5.41) is 1.53. The number of fused-ring (bicyclic) bond motifs is 1. The molecule has 0 unspecified atom stereocenters. The third kappa shape index (κ3) is 1.60. The van der Waals surface area contributed by atoms with Crippen molar-refractivity contribution in [3.8, 4) is 0 Å². The molecule has 0 saturated carbocycles. The SMILES string of the molecule is Cc1cc(=O)c2cc(CBr)ccc2[nH]1. The van der Waals surface area contributed by atoms with Crippen LogP contribution in [-0.4, -0.2) is 4.98 Å². The van der Waals surface area contributed by atoms with E-state index in [9.17, 15) is 4.79 Å². The Labute approximate surface area is 90.1 Å². The van der Waals surface area contributed by atoms with Gasteiger partial charge in [-0.15, -0.1) is 0 Å². The molecule has 2 aromatic rings. The zero-order chi connectivity index (χ0) is 10.1. The number of aryl methyl sites for hydroxylation is 1. The summed E-state index contributed by atoms with van der Waals surface area (Å²) in [4.78, 5) is 14.8. The molecule has 0 aliphatic carbocycles. The van der Waals surface area contributed by atoms with Crippen molar-refractivity contribution in [3.05, 3.63) is 45.7 Å². The summed E-state index contributed by atoms with van der Waals surface area (Å²) in [5.74, 6) is 0. The highest BCUT2D eigenvalue weighted by molar-refractivity contribution is 9.08. The quantitative estimate of drug-likeness (QED) is 0.777. The van der Waals surface area contributed by atoms with Crippen LogP contribution in [0.15, 0.2) is 29.1 Å². The minimum Gasteiger partial charge on any atom is -0.358 e. The van der Waals surface area contributed by atoms with Gasteiger partial charge in [0.05, 0.1) is 0 Å². The number of aromatic nitrogens is 1. The lowest BCUT2D eigenvalue weighted by Gasteiger charge is -2.01. The highest BCUT2D eigenvalue weighted by atomic mass is 79.9. The molecule has 0 fully saturated rings. The lowest BCUT2D eigenvalue weighted by molar-refractivity contribution is 1.24. The second kappa shape index (κ2) is 3.58. The smallest absolute Gasteiger partial charge is 0.189 e. The molecular weight excluding hydrogens is 242 g/mol. The van der Waals surface area contributed by atoms with Gasteiger partial charge in [0.1, 0.15) is 0 Å². The summed E-state index contributed by atoms with van der Waals surface area (Å²) in [6.07, 6.45) is 0. The third-order valence-electron chi connectivity index (χ3n) is 2.18. The monoisotopic (exact) mass is 251 g/mol. The first-order chi connectivity index (χ1) is 6.70. The molecule has 14 heavy (non-hydrogen) atoms. The number of H-pyrrole nitrogens is 1. The van der Waals surface area contributed by atoms with Gasteiger partial charge in [0.15, 0.2) is 5.43 Å². The van der Waals surface area contributed by atoms with Crippen LogP contribution in [0, 0.1) is 6.92 Å². The summed E-state index contributed by atoms with van der Waals surface area (Å²) in [7, 11) is 0. The van der Waals surface area contributed by atoms with Crippen molar-refractivity contribution in [1.29, 1.82) is 0 Å². The first kappa shape index (κ1) is 9.46. The number of aromatic amines is 1. The summed E-state index contributed by atoms with van der Waals surface area (Å²) < 4.78 is 0. The molecule has 1 aromatic carbocycles. The van der Waals surface area contributed by atoms with E-state index >= 15 is 0 Å². The van der Waals surface area contributed by atoms with Crippen molar-refractivity contribution in [2.75, 3.05) is 0 Å². The van der Waals surface area contributed by atoms with Crippen LogP contribution in [0.25, 0.3) is 10.9 Å². The number of benzene rings is 1. The molecule has 0 saturated heterocycles. The fourth-order valence-corrected chi connectivity index (χ4v) is 1.86. The van der Waals surface area contributed by atoms with Crippen molar-refractivity contribution < 1.29 is 0 Å². The molecule has 0 amide bonds. The average molecular weight is 252 g/mol.